The van der Waals surface area contributed by atoms with Gasteiger partial charge in [-0.05, 0) is 38.5 Å². The van der Waals surface area contributed by atoms with E-state index in [1.807, 2.05) is 31.5 Å². The highest BCUT2D eigenvalue weighted by Gasteiger charge is 2.31. The molecule has 0 saturated heterocycles. The largest absolute Gasteiger partial charge is 0.506 e. The lowest BCUT2D eigenvalue weighted by Gasteiger charge is -2.27. The van der Waals surface area contributed by atoms with Crippen molar-refractivity contribution in [3.05, 3.63) is 57.6 Å². The van der Waals surface area contributed by atoms with Gasteiger partial charge in [0.15, 0.2) is 5.65 Å². The van der Waals surface area contributed by atoms with Gasteiger partial charge in [0.25, 0.3) is 5.91 Å². The van der Waals surface area contributed by atoms with Crippen LogP contribution in [0.4, 0.5) is 5.82 Å². The minimum absolute atomic E-state index is 0.0810. The van der Waals surface area contributed by atoms with Crippen LogP contribution in [0.3, 0.4) is 0 Å². The first kappa shape index (κ1) is 20.3. The molecule has 4 heterocycles. The van der Waals surface area contributed by atoms with Crippen molar-refractivity contribution >= 4 is 34.5 Å². The summed E-state index contributed by atoms with van der Waals surface area (Å²) in [6.07, 6.45) is 1.73. The molecule has 0 radical (unpaired) electrons. The molecule has 0 aliphatic carbocycles. The molecule has 164 valence electrons. The first-order valence-electron chi connectivity index (χ1n) is 10.2. The zero-order chi connectivity index (χ0) is 22.7. The number of anilines is 1. The Morgan fingerprint density at radius 2 is 1.88 bits per heavy atom. The number of halogens is 1. The minimum Gasteiger partial charge on any atom is -0.506 e. The fraction of sp³-hybridized carbons (Fsp3) is 0.273. The van der Waals surface area contributed by atoms with Crippen LogP contribution in [0.1, 0.15) is 33.0 Å². The molecule has 1 aliphatic rings. The zero-order valence-corrected chi connectivity index (χ0v) is 18.7. The fourth-order valence-corrected chi connectivity index (χ4v) is 4.44. The number of carbonyl (C=O) groups excluding carboxylic acids is 1. The molecule has 0 bridgehead atoms. The lowest BCUT2D eigenvalue weighted by atomic mass is 10.2. The Balaban J connectivity index is 1.75. The van der Waals surface area contributed by atoms with Gasteiger partial charge in [-0.15, -0.1) is 0 Å². The number of aryl methyl sites for hydroxylation is 3. The Hall–Kier alpha value is -3.59. The summed E-state index contributed by atoms with van der Waals surface area (Å²) in [6.45, 7) is 7.08. The molecule has 9 nitrogen and oxygen atoms in total. The summed E-state index contributed by atoms with van der Waals surface area (Å²) in [5.74, 6) is -0.127. The molecule has 1 amide bonds. The van der Waals surface area contributed by atoms with Crippen LogP contribution in [0.15, 0.2) is 24.4 Å². The number of phenolic OH excluding ortho intramolecular Hbond substituents is 1. The molecule has 0 unspecified atom stereocenters. The van der Waals surface area contributed by atoms with Crippen LogP contribution >= 0.6 is 11.6 Å². The van der Waals surface area contributed by atoms with Gasteiger partial charge in [-0.25, -0.2) is 9.97 Å². The van der Waals surface area contributed by atoms with Crippen LogP contribution in [0.25, 0.3) is 16.9 Å². The Morgan fingerprint density at radius 1 is 1.12 bits per heavy atom. The summed E-state index contributed by atoms with van der Waals surface area (Å²) >= 11 is 6.48. The van der Waals surface area contributed by atoms with Crippen LogP contribution < -0.4 is 5.73 Å². The van der Waals surface area contributed by atoms with Crippen LogP contribution in [0.2, 0.25) is 5.02 Å². The number of aromatic nitrogens is 5. The molecule has 10 heteroatoms. The van der Waals surface area contributed by atoms with E-state index in [9.17, 15) is 9.90 Å². The lowest BCUT2D eigenvalue weighted by molar-refractivity contribution is 0.0709. The van der Waals surface area contributed by atoms with Crippen molar-refractivity contribution in [1.82, 2.24) is 29.2 Å². The molecule has 3 aromatic heterocycles. The van der Waals surface area contributed by atoms with Gasteiger partial charge in [-0.3, -0.25) is 14.0 Å². The Labute approximate surface area is 189 Å². The average Bonchev–Trinajstić information content (AvgIpc) is 3.33. The van der Waals surface area contributed by atoms with Gasteiger partial charge in [-0.2, -0.15) is 5.10 Å². The number of nitrogens with two attached hydrogens (primary N) is 1. The van der Waals surface area contributed by atoms with E-state index in [1.54, 1.807) is 21.7 Å². The highest BCUT2D eigenvalue weighted by molar-refractivity contribution is 6.34. The third-order valence-corrected chi connectivity index (χ3v) is 6.37. The van der Waals surface area contributed by atoms with Crippen molar-refractivity contribution in [2.45, 2.75) is 33.9 Å². The molecule has 3 N–H and O–H groups in total. The van der Waals surface area contributed by atoms with Crippen molar-refractivity contribution in [1.29, 1.82) is 0 Å². The second kappa shape index (κ2) is 7.23. The van der Waals surface area contributed by atoms with Crippen molar-refractivity contribution in [2.24, 2.45) is 0 Å². The molecule has 0 spiro atoms. The van der Waals surface area contributed by atoms with Gasteiger partial charge in [-0.1, -0.05) is 17.7 Å². The number of benzene rings is 1. The van der Waals surface area contributed by atoms with E-state index in [1.165, 1.54) is 6.07 Å². The number of fused-ring (bicyclic) bond motifs is 2. The number of amides is 1. The summed E-state index contributed by atoms with van der Waals surface area (Å²) in [5.41, 5.74) is 11.3. The fourth-order valence-electron chi connectivity index (χ4n) is 4.14. The number of hydrogen-bond acceptors (Lipinski definition) is 6. The van der Waals surface area contributed by atoms with E-state index in [4.69, 9.17) is 22.3 Å². The number of phenols is 1. The molecule has 0 atom stereocenters. The Kier molecular flexibility index (Phi) is 4.59. The Morgan fingerprint density at radius 3 is 2.66 bits per heavy atom. The molecule has 32 heavy (non-hydrogen) atoms. The smallest absolute Gasteiger partial charge is 0.260 e. The topological polar surface area (TPSA) is 115 Å². The average molecular weight is 452 g/mol. The SMILES string of the molecule is Cc1ccc(O)c(Cl)c1-n1c(N)c(C(=O)N2CCn3nccc3C2)c2nc(C)c(C)nc21. The summed E-state index contributed by atoms with van der Waals surface area (Å²) < 4.78 is 3.51. The van der Waals surface area contributed by atoms with E-state index in [0.717, 1.165) is 11.3 Å². The number of rotatable bonds is 2. The van der Waals surface area contributed by atoms with Crippen LogP contribution in [-0.4, -0.2) is 46.8 Å². The van der Waals surface area contributed by atoms with Crippen molar-refractivity contribution in [3.8, 4) is 11.4 Å². The summed E-state index contributed by atoms with van der Waals surface area (Å²) in [6, 6.07) is 5.16. The number of hydrogen-bond donors (Lipinski definition) is 2. The first-order chi connectivity index (χ1) is 15.3. The second-order valence-corrected chi connectivity index (χ2v) is 8.38. The van der Waals surface area contributed by atoms with Crippen molar-refractivity contribution < 1.29 is 9.90 Å². The predicted molar refractivity (Wildman–Crippen MR) is 121 cm³/mol. The van der Waals surface area contributed by atoms with Gasteiger partial charge in [0.05, 0.1) is 35.9 Å². The van der Waals surface area contributed by atoms with Gasteiger partial charge >= 0.3 is 0 Å². The second-order valence-electron chi connectivity index (χ2n) is 8.00. The number of nitrogen functional groups attached to an aromatic ring is 1. The summed E-state index contributed by atoms with van der Waals surface area (Å²) in [5, 5.41) is 14.6. The van der Waals surface area contributed by atoms with Gasteiger partial charge in [0, 0.05) is 12.7 Å². The van der Waals surface area contributed by atoms with Gasteiger partial charge in [0.2, 0.25) is 0 Å². The number of nitrogens with zero attached hydrogens (tertiary/aromatic N) is 6. The molecule has 0 saturated carbocycles. The predicted octanol–water partition coefficient (Wildman–Crippen LogP) is 3.14. The quantitative estimate of drug-likeness (QED) is 0.483. The molecule has 4 aromatic rings. The molecule has 1 aliphatic heterocycles. The third kappa shape index (κ3) is 2.92. The summed E-state index contributed by atoms with van der Waals surface area (Å²) in [4.78, 5) is 24.8. The van der Waals surface area contributed by atoms with E-state index in [-0.39, 0.29) is 28.1 Å². The first-order valence-corrected chi connectivity index (χ1v) is 10.6. The normalized spacial score (nSPS) is 13.6. The zero-order valence-electron chi connectivity index (χ0n) is 17.9. The van der Waals surface area contributed by atoms with E-state index in [2.05, 4.69) is 10.1 Å². The standard InChI is InChI=1S/C22H22ClN7O2/c1-11-4-5-15(31)17(23)19(11)30-20(24)16(18-21(30)27-13(3)12(2)26-18)22(32)28-8-9-29-14(10-28)6-7-25-29/h4-7,31H,8-10,24H2,1-3H3. The van der Waals surface area contributed by atoms with E-state index >= 15 is 0 Å². The highest BCUT2D eigenvalue weighted by atomic mass is 35.5. The maximum absolute atomic E-state index is 13.7. The van der Waals surface area contributed by atoms with Gasteiger partial charge < -0.3 is 15.7 Å². The van der Waals surface area contributed by atoms with E-state index in [0.29, 0.717) is 47.9 Å². The number of carbonyl (C=O) groups is 1. The van der Waals surface area contributed by atoms with Crippen molar-refractivity contribution in [2.75, 3.05) is 12.3 Å². The molecule has 0 fully saturated rings. The molecular weight excluding hydrogens is 430 g/mol. The monoisotopic (exact) mass is 451 g/mol. The maximum Gasteiger partial charge on any atom is 0.260 e. The molecule has 5 rings (SSSR count). The van der Waals surface area contributed by atoms with Gasteiger partial charge in [0.1, 0.15) is 27.7 Å². The summed E-state index contributed by atoms with van der Waals surface area (Å²) in [7, 11) is 0. The molecule has 1 aromatic carbocycles. The minimum atomic E-state index is -0.231. The van der Waals surface area contributed by atoms with Crippen LogP contribution in [0.5, 0.6) is 5.75 Å². The molecular formula is C22H22ClN7O2. The lowest BCUT2D eigenvalue weighted by Crippen LogP contribution is -2.38. The number of aromatic hydroxyl groups is 1. The van der Waals surface area contributed by atoms with Crippen LogP contribution in [0, 0.1) is 20.8 Å². The third-order valence-electron chi connectivity index (χ3n) is 6.00. The highest BCUT2D eigenvalue weighted by Crippen LogP contribution is 2.39. The van der Waals surface area contributed by atoms with Crippen molar-refractivity contribution in [3.63, 3.8) is 0 Å². The Bertz CT molecular complexity index is 1410. The maximum atomic E-state index is 13.7. The van der Waals surface area contributed by atoms with Crippen LogP contribution in [-0.2, 0) is 13.1 Å². The van der Waals surface area contributed by atoms with E-state index < -0.39 is 0 Å².